The zero-order chi connectivity index (χ0) is 19.9. The highest BCUT2D eigenvalue weighted by molar-refractivity contribution is 5.94. The topological polar surface area (TPSA) is 78.7 Å². The van der Waals surface area contributed by atoms with Crippen molar-refractivity contribution in [1.82, 2.24) is 10.2 Å². The Morgan fingerprint density at radius 2 is 1.82 bits per heavy atom. The molecule has 1 N–H and O–H groups in total. The summed E-state index contributed by atoms with van der Waals surface area (Å²) in [5, 5.41) is 13.8. The van der Waals surface area contributed by atoms with Crippen LogP contribution in [-0.2, 0) is 0 Å². The van der Waals surface area contributed by atoms with E-state index in [1.54, 1.807) is 13.0 Å². The minimum Gasteiger partial charge on any atom is -0.369 e. The maximum absolute atomic E-state index is 12.2. The number of benzene rings is 2. The van der Waals surface area contributed by atoms with Crippen molar-refractivity contribution >= 4 is 17.3 Å². The lowest BCUT2D eigenvalue weighted by Crippen LogP contribution is -2.47. The minimum absolute atomic E-state index is 0.0335. The molecule has 2 aromatic rings. The standard InChI is InChI=1S/C21H26N4O3/c1-17-16-18(8-9-20(17)25(27)28)21(26)22-10-5-11-23-12-14-24(15-13-23)19-6-3-2-4-7-19/h2-4,6-9,16H,5,10-15H2,1H3,(H,22,26). The van der Waals surface area contributed by atoms with E-state index < -0.39 is 4.92 Å². The van der Waals surface area contributed by atoms with Gasteiger partial charge in [0.15, 0.2) is 0 Å². The van der Waals surface area contributed by atoms with E-state index in [-0.39, 0.29) is 11.6 Å². The average Bonchev–Trinajstić information content (AvgIpc) is 2.72. The van der Waals surface area contributed by atoms with Crippen LogP contribution >= 0.6 is 0 Å². The number of hydrogen-bond acceptors (Lipinski definition) is 5. The number of nitrogens with one attached hydrogen (secondary N) is 1. The van der Waals surface area contributed by atoms with Gasteiger partial charge >= 0.3 is 0 Å². The number of carbonyl (C=O) groups excluding carboxylic acids is 1. The molecule has 1 saturated heterocycles. The van der Waals surface area contributed by atoms with Crippen LogP contribution in [0.1, 0.15) is 22.3 Å². The molecule has 0 saturated carbocycles. The molecule has 7 heteroatoms. The first kappa shape index (κ1) is 19.8. The number of nitrogens with zero attached hydrogens (tertiary/aromatic N) is 3. The number of amides is 1. The van der Waals surface area contributed by atoms with Crippen LogP contribution in [0, 0.1) is 17.0 Å². The number of para-hydroxylation sites is 1. The van der Waals surface area contributed by atoms with Gasteiger partial charge in [-0.3, -0.25) is 19.8 Å². The minimum atomic E-state index is -0.436. The summed E-state index contributed by atoms with van der Waals surface area (Å²) in [6.45, 7) is 7.24. The van der Waals surface area contributed by atoms with Gasteiger partial charge in [-0.25, -0.2) is 0 Å². The van der Waals surface area contributed by atoms with Crippen LogP contribution in [0.4, 0.5) is 11.4 Å². The van der Waals surface area contributed by atoms with Crippen LogP contribution < -0.4 is 10.2 Å². The van der Waals surface area contributed by atoms with Gasteiger partial charge in [-0.2, -0.15) is 0 Å². The number of aryl methyl sites for hydroxylation is 1. The molecule has 0 aliphatic carbocycles. The van der Waals surface area contributed by atoms with Gasteiger partial charge in [-0.05, 0) is 44.2 Å². The second kappa shape index (κ2) is 9.32. The second-order valence-electron chi connectivity index (χ2n) is 7.03. The van der Waals surface area contributed by atoms with E-state index in [2.05, 4.69) is 39.4 Å². The van der Waals surface area contributed by atoms with Crippen LogP contribution in [0.2, 0.25) is 0 Å². The van der Waals surface area contributed by atoms with Crippen LogP contribution in [0.15, 0.2) is 48.5 Å². The normalized spacial score (nSPS) is 14.7. The second-order valence-corrected chi connectivity index (χ2v) is 7.03. The molecule has 28 heavy (non-hydrogen) atoms. The molecule has 0 atom stereocenters. The summed E-state index contributed by atoms with van der Waals surface area (Å²) in [4.78, 5) is 27.5. The highest BCUT2D eigenvalue weighted by atomic mass is 16.6. The van der Waals surface area contributed by atoms with Crippen LogP contribution in [0.5, 0.6) is 0 Å². The molecule has 3 rings (SSSR count). The summed E-state index contributed by atoms with van der Waals surface area (Å²) in [5.74, 6) is -0.188. The van der Waals surface area contributed by atoms with Crippen molar-refractivity contribution in [3.63, 3.8) is 0 Å². The van der Waals surface area contributed by atoms with Gasteiger partial charge < -0.3 is 10.2 Å². The molecule has 0 bridgehead atoms. The lowest BCUT2D eigenvalue weighted by atomic mass is 10.1. The molecule has 0 radical (unpaired) electrons. The Kier molecular flexibility index (Phi) is 6.60. The number of piperazine rings is 1. The van der Waals surface area contributed by atoms with Crippen molar-refractivity contribution < 1.29 is 9.72 Å². The van der Waals surface area contributed by atoms with Gasteiger partial charge in [0.2, 0.25) is 0 Å². The number of rotatable bonds is 7. The quantitative estimate of drug-likeness (QED) is 0.453. The number of anilines is 1. The monoisotopic (exact) mass is 382 g/mol. The van der Waals surface area contributed by atoms with Crippen LogP contribution in [0.25, 0.3) is 0 Å². The molecule has 1 heterocycles. The maximum atomic E-state index is 12.2. The molecule has 0 aromatic heterocycles. The average molecular weight is 382 g/mol. The van der Waals surface area contributed by atoms with Crippen molar-refractivity contribution in [3.05, 3.63) is 69.8 Å². The Balaban J connectivity index is 1.38. The fourth-order valence-corrected chi connectivity index (χ4v) is 3.48. The van der Waals surface area contributed by atoms with Crippen molar-refractivity contribution in [2.45, 2.75) is 13.3 Å². The molecule has 1 aliphatic rings. The van der Waals surface area contributed by atoms with Gasteiger partial charge in [0, 0.05) is 55.6 Å². The Morgan fingerprint density at radius 3 is 2.46 bits per heavy atom. The molecule has 0 spiro atoms. The fraction of sp³-hybridized carbons (Fsp3) is 0.381. The zero-order valence-corrected chi connectivity index (χ0v) is 16.1. The molecule has 1 amide bonds. The van der Waals surface area contributed by atoms with Gasteiger partial charge in [-0.1, -0.05) is 18.2 Å². The molecular formula is C21H26N4O3. The smallest absolute Gasteiger partial charge is 0.272 e. The van der Waals surface area contributed by atoms with E-state index >= 15 is 0 Å². The zero-order valence-electron chi connectivity index (χ0n) is 16.1. The molecule has 0 unspecified atom stereocenters. The third-order valence-electron chi connectivity index (χ3n) is 5.09. The number of carbonyl (C=O) groups is 1. The van der Waals surface area contributed by atoms with E-state index in [1.165, 1.54) is 17.8 Å². The fourth-order valence-electron chi connectivity index (χ4n) is 3.48. The van der Waals surface area contributed by atoms with Crippen LogP contribution in [0.3, 0.4) is 0 Å². The Bertz CT molecular complexity index is 818. The number of nitro groups is 1. The largest absolute Gasteiger partial charge is 0.369 e. The summed E-state index contributed by atoms with van der Waals surface area (Å²) in [6.07, 6.45) is 0.878. The Hall–Kier alpha value is -2.93. The lowest BCUT2D eigenvalue weighted by Gasteiger charge is -2.36. The van der Waals surface area contributed by atoms with E-state index in [9.17, 15) is 14.9 Å². The molecular weight excluding hydrogens is 356 g/mol. The van der Waals surface area contributed by atoms with Crippen molar-refractivity contribution in [2.75, 3.05) is 44.2 Å². The third kappa shape index (κ3) is 5.07. The Morgan fingerprint density at radius 1 is 1.11 bits per heavy atom. The van der Waals surface area contributed by atoms with Crippen LogP contribution in [-0.4, -0.2) is 55.0 Å². The highest BCUT2D eigenvalue weighted by Gasteiger charge is 2.17. The molecule has 1 fully saturated rings. The number of nitro benzene ring substituents is 1. The SMILES string of the molecule is Cc1cc(C(=O)NCCCN2CCN(c3ccccc3)CC2)ccc1[N+](=O)[O-]. The Labute approximate surface area is 165 Å². The first-order valence-corrected chi connectivity index (χ1v) is 9.60. The van der Waals surface area contributed by atoms with E-state index in [0.29, 0.717) is 17.7 Å². The van der Waals surface area contributed by atoms with Crippen molar-refractivity contribution in [3.8, 4) is 0 Å². The van der Waals surface area contributed by atoms with Gasteiger partial charge in [-0.15, -0.1) is 0 Å². The van der Waals surface area contributed by atoms with Crippen molar-refractivity contribution in [1.29, 1.82) is 0 Å². The molecule has 7 nitrogen and oxygen atoms in total. The molecule has 2 aromatic carbocycles. The predicted molar refractivity (Wildman–Crippen MR) is 110 cm³/mol. The predicted octanol–water partition coefficient (Wildman–Crippen LogP) is 2.85. The third-order valence-corrected chi connectivity index (χ3v) is 5.09. The lowest BCUT2D eigenvalue weighted by molar-refractivity contribution is -0.385. The number of hydrogen-bond donors (Lipinski definition) is 1. The summed E-state index contributed by atoms with van der Waals surface area (Å²) in [5.41, 5.74) is 2.26. The maximum Gasteiger partial charge on any atom is 0.272 e. The highest BCUT2D eigenvalue weighted by Crippen LogP contribution is 2.19. The van der Waals surface area contributed by atoms with Gasteiger partial charge in [0.1, 0.15) is 0 Å². The summed E-state index contributed by atoms with van der Waals surface area (Å²) in [7, 11) is 0. The first-order chi connectivity index (χ1) is 13.5. The summed E-state index contributed by atoms with van der Waals surface area (Å²) in [6, 6.07) is 14.9. The van der Waals surface area contributed by atoms with Crippen molar-refractivity contribution in [2.24, 2.45) is 0 Å². The molecule has 1 aliphatic heterocycles. The van der Waals surface area contributed by atoms with E-state index in [0.717, 1.165) is 39.1 Å². The van der Waals surface area contributed by atoms with E-state index in [1.807, 2.05) is 6.07 Å². The van der Waals surface area contributed by atoms with Gasteiger partial charge in [0.05, 0.1) is 4.92 Å². The first-order valence-electron chi connectivity index (χ1n) is 9.60. The van der Waals surface area contributed by atoms with Gasteiger partial charge in [0.25, 0.3) is 11.6 Å². The summed E-state index contributed by atoms with van der Waals surface area (Å²) >= 11 is 0. The van der Waals surface area contributed by atoms with E-state index in [4.69, 9.17) is 0 Å². The summed E-state index contributed by atoms with van der Waals surface area (Å²) < 4.78 is 0. The molecule has 148 valence electrons.